The van der Waals surface area contributed by atoms with Crippen LogP contribution < -0.4 is 10.5 Å². The maximum Gasteiger partial charge on any atom is 0.439 e. The molecule has 3 aromatic carbocycles. The van der Waals surface area contributed by atoms with E-state index in [2.05, 4.69) is 52.8 Å². The van der Waals surface area contributed by atoms with Crippen molar-refractivity contribution in [1.82, 2.24) is 19.7 Å². The lowest BCUT2D eigenvalue weighted by molar-refractivity contribution is 0.307. The zero-order valence-electron chi connectivity index (χ0n) is 20.1. The molecule has 0 saturated heterocycles. The monoisotopic (exact) mass is 498 g/mol. The normalized spacial score (nSPS) is 14.2. The molecule has 1 aliphatic rings. The van der Waals surface area contributed by atoms with Gasteiger partial charge in [-0.25, -0.2) is 9.78 Å². The molecule has 1 aliphatic heterocycles. The molecule has 0 radical (unpaired) electrons. The van der Waals surface area contributed by atoms with Gasteiger partial charge in [-0.1, -0.05) is 47.9 Å². The number of imidazole rings is 1. The Balaban J connectivity index is 1.61. The molecule has 0 atom stereocenters. The fourth-order valence-corrected chi connectivity index (χ4v) is 5.20. The van der Waals surface area contributed by atoms with E-state index < -0.39 is 5.76 Å². The van der Waals surface area contributed by atoms with Crippen LogP contribution in [0.5, 0.6) is 5.75 Å². The second-order valence-electron chi connectivity index (χ2n) is 8.85. The molecule has 2 aromatic heterocycles. The molecular weight excluding hydrogens is 476 g/mol. The number of para-hydroxylation sites is 1. The smallest absolute Gasteiger partial charge is 0.439 e. The van der Waals surface area contributed by atoms with Crippen LogP contribution >= 0.6 is 11.6 Å². The van der Waals surface area contributed by atoms with Crippen LogP contribution in [0.25, 0.3) is 27.9 Å². The number of aryl methyl sites for hydroxylation is 2. The van der Waals surface area contributed by atoms with Gasteiger partial charge in [-0.05, 0) is 66.4 Å². The number of aromatic amines is 1. The summed E-state index contributed by atoms with van der Waals surface area (Å²) in [5, 5.41) is 4.59. The van der Waals surface area contributed by atoms with Crippen LogP contribution in [0.15, 0.2) is 63.9 Å². The Kier molecular flexibility index (Phi) is 5.30. The summed E-state index contributed by atoms with van der Waals surface area (Å²) in [7, 11) is 0. The number of nitrogens with zero attached hydrogens (tertiary/aromatic N) is 3. The SMILES string of the molecule is CCc1nc2c(Cl)cccc2n1-c1ccc2c(c1)COc1cccc(C)c1/C2=C(/C)c1noc(=O)[nH]1. The average molecular weight is 499 g/mol. The number of halogens is 1. The minimum absolute atomic E-state index is 0.389. The summed E-state index contributed by atoms with van der Waals surface area (Å²) in [4.78, 5) is 19.2. The predicted molar refractivity (Wildman–Crippen MR) is 140 cm³/mol. The Morgan fingerprint density at radius 2 is 2.00 bits per heavy atom. The number of H-pyrrole nitrogens is 1. The van der Waals surface area contributed by atoms with Crippen molar-refractivity contribution in [2.75, 3.05) is 0 Å². The lowest BCUT2D eigenvalue weighted by atomic mass is 9.88. The molecule has 8 heteroatoms. The van der Waals surface area contributed by atoms with E-state index in [1.165, 1.54) is 0 Å². The van der Waals surface area contributed by atoms with Crippen LogP contribution in [-0.4, -0.2) is 19.7 Å². The van der Waals surface area contributed by atoms with Gasteiger partial charge in [0, 0.05) is 23.2 Å². The molecular formula is C28H23ClN4O3. The summed E-state index contributed by atoms with van der Waals surface area (Å²) in [6, 6.07) is 18.2. The van der Waals surface area contributed by atoms with Gasteiger partial charge in [-0.3, -0.25) is 14.1 Å². The zero-order chi connectivity index (χ0) is 25.0. The molecule has 0 amide bonds. The number of aromatic nitrogens is 4. The summed E-state index contributed by atoms with van der Waals surface area (Å²) < 4.78 is 13.3. The lowest BCUT2D eigenvalue weighted by Gasteiger charge is -2.17. The van der Waals surface area contributed by atoms with E-state index in [1.54, 1.807) is 0 Å². The van der Waals surface area contributed by atoms with Gasteiger partial charge in [0.15, 0.2) is 5.82 Å². The molecule has 180 valence electrons. The van der Waals surface area contributed by atoms with Crippen molar-refractivity contribution in [3.63, 3.8) is 0 Å². The fraction of sp³-hybridized carbons (Fsp3) is 0.179. The highest BCUT2D eigenvalue weighted by atomic mass is 35.5. The van der Waals surface area contributed by atoms with Crippen molar-refractivity contribution in [3.05, 3.63) is 104 Å². The van der Waals surface area contributed by atoms with Crippen LogP contribution in [0.1, 0.15) is 47.8 Å². The quantitative estimate of drug-likeness (QED) is 0.325. The molecule has 7 nitrogen and oxygen atoms in total. The van der Waals surface area contributed by atoms with Crippen molar-refractivity contribution in [3.8, 4) is 11.4 Å². The third-order valence-corrected chi connectivity index (χ3v) is 6.98. The van der Waals surface area contributed by atoms with Crippen LogP contribution in [-0.2, 0) is 13.0 Å². The highest BCUT2D eigenvalue weighted by molar-refractivity contribution is 6.35. The first kappa shape index (κ1) is 22.4. The molecule has 5 aromatic rings. The Labute approximate surface area is 212 Å². The van der Waals surface area contributed by atoms with E-state index in [-0.39, 0.29) is 0 Å². The Morgan fingerprint density at radius 3 is 2.78 bits per heavy atom. The maximum atomic E-state index is 11.7. The van der Waals surface area contributed by atoms with Crippen molar-refractivity contribution >= 4 is 33.8 Å². The van der Waals surface area contributed by atoms with Gasteiger partial charge in [-0.15, -0.1) is 0 Å². The van der Waals surface area contributed by atoms with Crippen molar-refractivity contribution in [2.45, 2.75) is 33.8 Å². The fourth-order valence-electron chi connectivity index (χ4n) is 4.99. The number of ether oxygens (including phenoxy) is 1. The van der Waals surface area contributed by atoms with Crippen molar-refractivity contribution in [1.29, 1.82) is 0 Å². The highest BCUT2D eigenvalue weighted by Crippen LogP contribution is 2.42. The first-order chi connectivity index (χ1) is 17.5. The minimum atomic E-state index is -0.590. The summed E-state index contributed by atoms with van der Waals surface area (Å²) in [6.07, 6.45) is 0.757. The van der Waals surface area contributed by atoms with E-state index >= 15 is 0 Å². The zero-order valence-corrected chi connectivity index (χ0v) is 20.8. The summed E-state index contributed by atoms with van der Waals surface area (Å²) in [6.45, 7) is 6.46. The number of rotatable bonds is 3. The number of nitrogens with one attached hydrogen (secondary N) is 1. The number of fused-ring (bicyclic) bond motifs is 3. The Hall–Kier alpha value is -4.10. The van der Waals surface area contributed by atoms with Crippen molar-refractivity contribution < 1.29 is 9.26 Å². The number of benzene rings is 3. The van der Waals surface area contributed by atoms with Crippen molar-refractivity contribution in [2.24, 2.45) is 0 Å². The molecule has 0 fully saturated rings. The number of hydrogen-bond donors (Lipinski definition) is 1. The third-order valence-electron chi connectivity index (χ3n) is 6.68. The van der Waals surface area contributed by atoms with Gasteiger partial charge in [-0.2, -0.15) is 0 Å². The van der Waals surface area contributed by atoms with E-state index in [1.807, 2.05) is 37.3 Å². The lowest BCUT2D eigenvalue weighted by Crippen LogP contribution is -2.04. The minimum Gasteiger partial charge on any atom is -0.488 e. The predicted octanol–water partition coefficient (Wildman–Crippen LogP) is 6.10. The standard InChI is InChI=1S/C28H23ClN4O3/c1-4-23-30-26-20(29)8-6-9-21(26)33(23)18-11-12-19-17(13-18)14-35-22-10-5-7-15(2)24(22)25(19)16(3)27-31-28(34)36-32-27/h5-13H,4,14H2,1-3H3,(H,31,32,34)/b25-16-. The van der Waals surface area contributed by atoms with Crippen LogP contribution in [0.4, 0.5) is 0 Å². The topological polar surface area (TPSA) is 85.9 Å². The Morgan fingerprint density at radius 1 is 1.17 bits per heavy atom. The number of hydrogen-bond acceptors (Lipinski definition) is 5. The van der Waals surface area contributed by atoms with Crippen LogP contribution in [0.2, 0.25) is 5.02 Å². The molecule has 6 rings (SSSR count). The van der Waals surface area contributed by atoms with Crippen LogP contribution in [0, 0.1) is 6.92 Å². The van der Waals surface area contributed by atoms with E-state index in [9.17, 15) is 4.79 Å². The summed E-state index contributed by atoms with van der Waals surface area (Å²) in [5.74, 6) is 1.51. The summed E-state index contributed by atoms with van der Waals surface area (Å²) in [5.41, 5.74) is 8.52. The van der Waals surface area contributed by atoms with Gasteiger partial charge in [0.2, 0.25) is 0 Å². The molecule has 36 heavy (non-hydrogen) atoms. The van der Waals surface area contributed by atoms with Gasteiger partial charge in [0.05, 0.1) is 10.5 Å². The largest absolute Gasteiger partial charge is 0.488 e. The van der Waals surface area contributed by atoms with E-state index in [0.717, 1.165) is 68.1 Å². The molecule has 0 spiro atoms. The molecule has 0 unspecified atom stereocenters. The van der Waals surface area contributed by atoms with Gasteiger partial charge >= 0.3 is 5.76 Å². The molecule has 0 aliphatic carbocycles. The van der Waals surface area contributed by atoms with Gasteiger partial charge < -0.3 is 4.74 Å². The first-order valence-electron chi connectivity index (χ1n) is 11.8. The van der Waals surface area contributed by atoms with E-state index in [0.29, 0.717) is 17.5 Å². The highest BCUT2D eigenvalue weighted by Gasteiger charge is 2.25. The molecule has 0 bridgehead atoms. The first-order valence-corrected chi connectivity index (χ1v) is 12.1. The number of allylic oxidation sites excluding steroid dienone is 1. The Bertz CT molecular complexity index is 1740. The van der Waals surface area contributed by atoms with E-state index in [4.69, 9.17) is 25.8 Å². The van der Waals surface area contributed by atoms with Gasteiger partial charge in [0.25, 0.3) is 0 Å². The molecule has 3 heterocycles. The third kappa shape index (κ3) is 3.46. The second-order valence-corrected chi connectivity index (χ2v) is 9.25. The van der Waals surface area contributed by atoms with Crippen LogP contribution in [0.3, 0.4) is 0 Å². The molecule has 1 N–H and O–H groups in total. The maximum absolute atomic E-state index is 11.7. The molecule has 0 saturated carbocycles. The average Bonchev–Trinajstić information content (AvgIpc) is 3.44. The second kappa shape index (κ2) is 8.53. The van der Waals surface area contributed by atoms with Gasteiger partial charge in [0.1, 0.15) is 23.7 Å². The summed E-state index contributed by atoms with van der Waals surface area (Å²) >= 11 is 6.46.